The molecule has 0 saturated carbocycles. The van der Waals surface area contributed by atoms with Crippen LogP contribution in [0.1, 0.15) is 11.1 Å². The summed E-state index contributed by atoms with van der Waals surface area (Å²) in [5, 5.41) is 2.25. The molecule has 0 bridgehead atoms. The van der Waals surface area contributed by atoms with Crippen LogP contribution in [0.3, 0.4) is 0 Å². The normalized spacial score (nSPS) is 11.1. The van der Waals surface area contributed by atoms with Crippen LogP contribution in [0.5, 0.6) is 0 Å². The van der Waals surface area contributed by atoms with Gasteiger partial charge in [0.2, 0.25) is 0 Å². The van der Waals surface area contributed by atoms with Crippen LogP contribution >= 0.6 is 0 Å². The predicted molar refractivity (Wildman–Crippen MR) is 192 cm³/mol. The van der Waals surface area contributed by atoms with Gasteiger partial charge >= 0.3 is 0 Å². The third-order valence-electron chi connectivity index (χ3n) is 8.46. The quantitative estimate of drug-likeness (QED) is 0.175. The van der Waals surface area contributed by atoms with Gasteiger partial charge in [-0.1, -0.05) is 97.1 Å². The highest BCUT2D eigenvalue weighted by molar-refractivity contribution is 6.06. The van der Waals surface area contributed by atoms with Crippen LogP contribution in [0.2, 0.25) is 0 Å². The minimum absolute atomic E-state index is 0.857. The molecule has 0 unspecified atom stereocenters. The SMILES string of the molecule is c1ccc(N(c2ccccc2)c2ccc(Cc3ccc(N(c4ccccc4)c4ccc5oc6ccccc6c5c4)cc3)cc2)cc1. The van der Waals surface area contributed by atoms with Crippen molar-refractivity contribution in [3.05, 3.63) is 193 Å². The number of para-hydroxylation sites is 4. The summed E-state index contributed by atoms with van der Waals surface area (Å²) in [6.07, 6.45) is 0.857. The number of anilines is 6. The maximum absolute atomic E-state index is 6.12. The summed E-state index contributed by atoms with van der Waals surface area (Å²) in [6.45, 7) is 0. The summed E-state index contributed by atoms with van der Waals surface area (Å²) in [5.41, 5.74) is 11.1. The zero-order valence-electron chi connectivity index (χ0n) is 25.3. The van der Waals surface area contributed by atoms with Crippen LogP contribution in [-0.2, 0) is 6.42 Å². The first-order valence-corrected chi connectivity index (χ1v) is 15.6. The molecule has 3 nitrogen and oxygen atoms in total. The first-order valence-electron chi connectivity index (χ1n) is 15.6. The molecule has 0 radical (unpaired) electrons. The first kappa shape index (κ1) is 27.5. The van der Waals surface area contributed by atoms with Gasteiger partial charge in [-0.05, 0) is 102 Å². The zero-order chi connectivity index (χ0) is 30.7. The Bertz CT molecular complexity index is 2170. The van der Waals surface area contributed by atoms with Gasteiger partial charge in [-0.3, -0.25) is 0 Å². The second kappa shape index (κ2) is 12.1. The lowest BCUT2D eigenvalue weighted by Crippen LogP contribution is -2.10. The van der Waals surface area contributed by atoms with E-state index in [0.29, 0.717) is 0 Å². The lowest BCUT2D eigenvalue weighted by Gasteiger charge is -2.26. The summed E-state index contributed by atoms with van der Waals surface area (Å²) in [6, 6.07) is 64.1. The molecule has 1 aromatic heterocycles. The molecule has 220 valence electrons. The van der Waals surface area contributed by atoms with Gasteiger partial charge in [-0.2, -0.15) is 0 Å². The maximum Gasteiger partial charge on any atom is 0.135 e. The first-order chi connectivity index (χ1) is 22.8. The van der Waals surface area contributed by atoms with Gasteiger partial charge in [0.1, 0.15) is 11.2 Å². The molecule has 0 atom stereocenters. The molecular formula is C43H32N2O. The predicted octanol–water partition coefficient (Wildman–Crippen LogP) is 12.1. The number of nitrogens with zero attached hydrogens (tertiary/aromatic N) is 2. The van der Waals surface area contributed by atoms with Gasteiger partial charge in [0, 0.05) is 44.9 Å². The van der Waals surface area contributed by atoms with Gasteiger partial charge in [0.25, 0.3) is 0 Å². The van der Waals surface area contributed by atoms with Gasteiger partial charge in [-0.25, -0.2) is 0 Å². The largest absolute Gasteiger partial charge is 0.456 e. The van der Waals surface area contributed by atoms with Gasteiger partial charge in [0.05, 0.1) is 0 Å². The number of hydrogen-bond donors (Lipinski definition) is 0. The molecule has 0 amide bonds. The smallest absolute Gasteiger partial charge is 0.135 e. The Morgan fingerprint density at radius 1 is 0.326 bits per heavy atom. The molecule has 8 aromatic rings. The molecule has 46 heavy (non-hydrogen) atoms. The molecule has 0 aliphatic heterocycles. The summed E-state index contributed by atoms with van der Waals surface area (Å²) in [5.74, 6) is 0. The van der Waals surface area contributed by atoms with Crippen molar-refractivity contribution in [2.24, 2.45) is 0 Å². The van der Waals surface area contributed by atoms with Crippen molar-refractivity contribution in [3.8, 4) is 0 Å². The van der Waals surface area contributed by atoms with Crippen LogP contribution in [-0.4, -0.2) is 0 Å². The molecule has 0 N–H and O–H groups in total. The van der Waals surface area contributed by atoms with E-state index in [2.05, 4.69) is 180 Å². The Hall–Kier alpha value is -6.06. The third kappa shape index (κ3) is 5.40. The lowest BCUT2D eigenvalue weighted by atomic mass is 10.0. The van der Waals surface area contributed by atoms with E-state index in [9.17, 15) is 0 Å². The Morgan fingerprint density at radius 2 is 0.717 bits per heavy atom. The van der Waals surface area contributed by atoms with Crippen molar-refractivity contribution in [1.82, 2.24) is 0 Å². The van der Waals surface area contributed by atoms with E-state index in [4.69, 9.17) is 4.42 Å². The van der Waals surface area contributed by atoms with Crippen molar-refractivity contribution in [3.63, 3.8) is 0 Å². The number of fused-ring (bicyclic) bond motifs is 3. The average Bonchev–Trinajstić information content (AvgIpc) is 3.50. The summed E-state index contributed by atoms with van der Waals surface area (Å²) >= 11 is 0. The van der Waals surface area contributed by atoms with E-state index in [1.165, 1.54) is 11.1 Å². The van der Waals surface area contributed by atoms with Crippen LogP contribution in [0.25, 0.3) is 21.9 Å². The highest BCUT2D eigenvalue weighted by Gasteiger charge is 2.16. The van der Waals surface area contributed by atoms with Crippen molar-refractivity contribution in [1.29, 1.82) is 0 Å². The topological polar surface area (TPSA) is 19.6 Å². The van der Waals surface area contributed by atoms with E-state index in [1.54, 1.807) is 0 Å². The Kier molecular flexibility index (Phi) is 7.26. The van der Waals surface area contributed by atoms with Gasteiger partial charge in [0.15, 0.2) is 0 Å². The van der Waals surface area contributed by atoms with E-state index in [0.717, 1.165) is 62.5 Å². The number of rotatable bonds is 8. The number of furan rings is 1. The third-order valence-corrected chi connectivity index (χ3v) is 8.46. The second-order valence-electron chi connectivity index (χ2n) is 11.5. The minimum Gasteiger partial charge on any atom is -0.456 e. The van der Waals surface area contributed by atoms with Crippen LogP contribution in [0.4, 0.5) is 34.1 Å². The standard InChI is InChI=1S/C43H32N2O/c1-4-12-34(13-5-1)44(35-14-6-2-7-15-35)37-24-20-32(21-25-37)30-33-22-26-38(27-23-33)45(36-16-8-3-9-17-36)39-28-29-43-41(31-39)40-18-10-11-19-42(40)46-43/h1-29,31H,30H2. The Morgan fingerprint density at radius 3 is 1.24 bits per heavy atom. The van der Waals surface area contributed by atoms with Crippen LogP contribution in [0, 0.1) is 0 Å². The van der Waals surface area contributed by atoms with Crippen LogP contribution < -0.4 is 9.80 Å². The fourth-order valence-electron chi connectivity index (χ4n) is 6.24. The molecule has 1 heterocycles. The van der Waals surface area contributed by atoms with E-state index in [-0.39, 0.29) is 0 Å². The Balaban J connectivity index is 1.08. The van der Waals surface area contributed by atoms with Crippen LogP contribution in [0.15, 0.2) is 186 Å². The second-order valence-corrected chi connectivity index (χ2v) is 11.5. The molecule has 3 heteroatoms. The molecule has 0 aliphatic rings. The van der Waals surface area contributed by atoms with E-state index < -0.39 is 0 Å². The lowest BCUT2D eigenvalue weighted by molar-refractivity contribution is 0.669. The van der Waals surface area contributed by atoms with E-state index in [1.807, 2.05) is 12.1 Å². The number of hydrogen-bond acceptors (Lipinski definition) is 3. The molecule has 0 saturated heterocycles. The monoisotopic (exact) mass is 592 g/mol. The minimum atomic E-state index is 0.857. The van der Waals surface area contributed by atoms with E-state index >= 15 is 0 Å². The fourth-order valence-corrected chi connectivity index (χ4v) is 6.24. The molecule has 0 fully saturated rings. The summed E-state index contributed by atoms with van der Waals surface area (Å²) in [4.78, 5) is 4.60. The maximum atomic E-state index is 6.12. The molecular weight excluding hydrogens is 560 g/mol. The van der Waals surface area contributed by atoms with Crippen molar-refractivity contribution >= 4 is 56.1 Å². The molecule has 0 aliphatic carbocycles. The summed E-state index contributed by atoms with van der Waals surface area (Å²) < 4.78 is 6.12. The number of benzene rings is 7. The molecule has 7 aromatic carbocycles. The molecule has 8 rings (SSSR count). The van der Waals surface area contributed by atoms with Crippen molar-refractivity contribution in [2.45, 2.75) is 6.42 Å². The van der Waals surface area contributed by atoms with Gasteiger partial charge in [-0.15, -0.1) is 0 Å². The van der Waals surface area contributed by atoms with Gasteiger partial charge < -0.3 is 14.2 Å². The zero-order valence-corrected chi connectivity index (χ0v) is 25.3. The van der Waals surface area contributed by atoms with Crippen molar-refractivity contribution in [2.75, 3.05) is 9.80 Å². The highest BCUT2D eigenvalue weighted by Crippen LogP contribution is 2.39. The molecule has 0 spiro atoms. The average molecular weight is 593 g/mol. The fraction of sp³-hybridized carbons (Fsp3) is 0.0233. The Labute approximate surface area is 269 Å². The van der Waals surface area contributed by atoms with Crippen molar-refractivity contribution < 1.29 is 4.42 Å². The highest BCUT2D eigenvalue weighted by atomic mass is 16.3. The summed E-state index contributed by atoms with van der Waals surface area (Å²) in [7, 11) is 0.